The van der Waals surface area contributed by atoms with Gasteiger partial charge in [0.05, 0.1) is 12.0 Å². The molecule has 2 saturated heterocycles. The Labute approximate surface area is 121 Å². The molecule has 0 radical (unpaired) electrons. The normalized spacial score (nSPS) is 24.8. The van der Waals surface area contributed by atoms with Crippen LogP contribution in [0.15, 0.2) is 24.3 Å². The smallest absolute Gasteiger partial charge is 0.0669 e. The van der Waals surface area contributed by atoms with Crippen molar-refractivity contribution in [1.82, 2.24) is 4.90 Å². The molecule has 0 aromatic heterocycles. The first-order valence-corrected chi connectivity index (χ1v) is 7.71. The molecule has 3 rings (SSSR count). The lowest BCUT2D eigenvalue weighted by atomic mass is 10.0. The molecule has 106 valence electrons. The van der Waals surface area contributed by atoms with Crippen LogP contribution < -0.4 is 4.90 Å². The first kappa shape index (κ1) is 13.5. The second-order valence-corrected chi connectivity index (χ2v) is 6.16. The number of likely N-dealkylation sites (tertiary alicyclic amines) is 1. The van der Waals surface area contributed by atoms with E-state index in [0.717, 1.165) is 32.6 Å². The molecule has 0 bridgehead atoms. The first-order chi connectivity index (χ1) is 9.76. The zero-order valence-corrected chi connectivity index (χ0v) is 12.3. The highest BCUT2D eigenvalue weighted by atomic mass is 15.2. The van der Waals surface area contributed by atoms with Crippen molar-refractivity contribution < 1.29 is 0 Å². The van der Waals surface area contributed by atoms with Gasteiger partial charge in [0.2, 0.25) is 0 Å². The molecule has 0 spiro atoms. The van der Waals surface area contributed by atoms with Gasteiger partial charge in [0.25, 0.3) is 0 Å². The van der Waals surface area contributed by atoms with Crippen LogP contribution in [0.4, 0.5) is 5.69 Å². The fraction of sp³-hybridized carbons (Fsp3) is 0.588. The Balaban J connectivity index is 1.55. The highest BCUT2D eigenvalue weighted by molar-refractivity contribution is 5.47. The van der Waals surface area contributed by atoms with Crippen molar-refractivity contribution in [3.05, 3.63) is 29.8 Å². The lowest BCUT2D eigenvalue weighted by Gasteiger charge is -2.37. The van der Waals surface area contributed by atoms with Crippen molar-refractivity contribution in [2.45, 2.75) is 32.2 Å². The van der Waals surface area contributed by atoms with Crippen molar-refractivity contribution in [3.8, 4) is 6.07 Å². The molecule has 2 fully saturated rings. The monoisotopic (exact) mass is 269 g/mol. The van der Waals surface area contributed by atoms with Crippen molar-refractivity contribution in [1.29, 1.82) is 5.26 Å². The molecule has 3 nitrogen and oxygen atoms in total. The lowest BCUT2D eigenvalue weighted by molar-refractivity contribution is 0.204. The number of benzene rings is 1. The quantitative estimate of drug-likeness (QED) is 0.827. The van der Waals surface area contributed by atoms with Crippen molar-refractivity contribution in [2.75, 3.05) is 31.1 Å². The number of hydrogen-bond donors (Lipinski definition) is 0. The average molecular weight is 269 g/mol. The molecule has 1 atom stereocenters. The van der Waals surface area contributed by atoms with Crippen LogP contribution in [-0.2, 0) is 0 Å². The highest BCUT2D eigenvalue weighted by Gasteiger charge is 2.30. The summed E-state index contributed by atoms with van der Waals surface area (Å²) in [5.41, 5.74) is 2.67. The fourth-order valence-electron chi connectivity index (χ4n) is 3.47. The number of aryl methyl sites for hydroxylation is 1. The fourth-order valence-corrected chi connectivity index (χ4v) is 3.47. The Kier molecular flexibility index (Phi) is 3.93. The van der Waals surface area contributed by atoms with Gasteiger partial charge >= 0.3 is 0 Å². The molecule has 1 aromatic carbocycles. The molecule has 0 aliphatic carbocycles. The third kappa shape index (κ3) is 2.81. The van der Waals surface area contributed by atoms with Gasteiger partial charge in [0.1, 0.15) is 0 Å². The Morgan fingerprint density at radius 1 is 1.05 bits per heavy atom. The minimum Gasteiger partial charge on any atom is -0.371 e. The molecule has 0 saturated carbocycles. The molecule has 2 aliphatic rings. The molecule has 1 unspecified atom stereocenters. The molecular formula is C17H23N3. The van der Waals surface area contributed by atoms with Crippen LogP contribution in [0.1, 0.15) is 24.8 Å². The van der Waals surface area contributed by atoms with Gasteiger partial charge in [-0.3, -0.25) is 4.90 Å². The number of piperidine rings is 1. The summed E-state index contributed by atoms with van der Waals surface area (Å²) < 4.78 is 0. The maximum atomic E-state index is 9.01. The van der Waals surface area contributed by atoms with Crippen molar-refractivity contribution >= 4 is 5.69 Å². The molecule has 2 aliphatic heterocycles. The summed E-state index contributed by atoms with van der Waals surface area (Å²) in [5, 5.41) is 9.01. The van der Waals surface area contributed by atoms with E-state index in [1.165, 1.54) is 24.1 Å². The van der Waals surface area contributed by atoms with Crippen molar-refractivity contribution in [2.24, 2.45) is 5.92 Å². The van der Waals surface area contributed by atoms with Crippen LogP contribution in [-0.4, -0.2) is 37.1 Å². The van der Waals surface area contributed by atoms with Crippen LogP contribution in [0.3, 0.4) is 0 Å². The number of nitriles is 1. The Morgan fingerprint density at radius 3 is 2.35 bits per heavy atom. The van der Waals surface area contributed by atoms with Gasteiger partial charge in [-0.1, -0.05) is 17.7 Å². The average Bonchev–Trinajstić information content (AvgIpc) is 2.97. The second-order valence-electron chi connectivity index (χ2n) is 6.16. The van der Waals surface area contributed by atoms with E-state index >= 15 is 0 Å². The van der Waals surface area contributed by atoms with E-state index in [1.54, 1.807) is 0 Å². The Bertz CT molecular complexity index is 480. The molecular weight excluding hydrogens is 246 g/mol. The van der Waals surface area contributed by atoms with E-state index in [-0.39, 0.29) is 5.92 Å². The minimum atomic E-state index is 0.269. The summed E-state index contributed by atoms with van der Waals surface area (Å²) in [7, 11) is 0. The molecule has 1 aromatic rings. The Hall–Kier alpha value is -1.53. The molecule has 3 heteroatoms. The van der Waals surface area contributed by atoms with Gasteiger partial charge in [-0.2, -0.15) is 5.26 Å². The molecule has 0 N–H and O–H groups in total. The maximum absolute atomic E-state index is 9.01. The third-order valence-corrected chi connectivity index (χ3v) is 4.78. The highest BCUT2D eigenvalue weighted by Crippen LogP contribution is 2.26. The Morgan fingerprint density at radius 2 is 1.75 bits per heavy atom. The topological polar surface area (TPSA) is 30.3 Å². The first-order valence-electron chi connectivity index (χ1n) is 7.71. The van der Waals surface area contributed by atoms with Crippen LogP contribution in [0, 0.1) is 24.2 Å². The summed E-state index contributed by atoms with van der Waals surface area (Å²) in [6.45, 7) is 6.52. The van der Waals surface area contributed by atoms with E-state index in [4.69, 9.17) is 5.26 Å². The summed E-state index contributed by atoms with van der Waals surface area (Å²) in [5.74, 6) is 0.269. The number of rotatable bonds is 2. The van der Waals surface area contributed by atoms with Gasteiger partial charge in [-0.05, 0) is 44.9 Å². The van der Waals surface area contributed by atoms with E-state index in [2.05, 4.69) is 47.1 Å². The molecule has 2 heterocycles. The van der Waals surface area contributed by atoms with E-state index < -0.39 is 0 Å². The van der Waals surface area contributed by atoms with Gasteiger partial charge in [0.15, 0.2) is 0 Å². The van der Waals surface area contributed by atoms with E-state index in [1.807, 2.05) is 0 Å². The standard InChI is InChI=1S/C17H23N3/c1-14-2-4-16(5-3-14)19-10-7-17(8-11-19)20-9-6-15(12-18)13-20/h2-5,15,17H,6-11,13H2,1H3. The second kappa shape index (κ2) is 5.85. The molecule has 20 heavy (non-hydrogen) atoms. The summed E-state index contributed by atoms with van der Waals surface area (Å²) in [4.78, 5) is 5.04. The van der Waals surface area contributed by atoms with Crippen LogP contribution in [0.5, 0.6) is 0 Å². The van der Waals surface area contributed by atoms with Gasteiger partial charge < -0.3 is 4.90 Å². The predicted molar refractivity (Wildman–Crippen MR) is 81.7 cm³/mol. The van der Waals surface area contributed by atoms with E-state index in [9.17, 15) is 0 Å². The lowest BCUT2D eigenvalue weighted by Crippen LogP contribution is -2.44. The zero-order chi connectivity index (χ0) is 13.9. The van der Waals surface area contributed by atoms with Crippen LogP contribution in [0.25, 0.3) is 0 Å². The largest absolute Gasteiger partial charge is 0.371 e. The summed E-state index contributed by atoms with van der Waals surface area (Å²) in [6.07, 6.45) is 3.52. The minimum absolute atomic E-state index is 0.269. The van der Waals surface area contributed by atoms with Crippen LogP contribution in [0.2, 0.25) is 0 Å². The summed E-state index contributed by atoms with van der Waals surface area (Å²) in [6, 6.07) is 12.0. The number of nitrogens with zero attached hydrogens (tertiary/aromatic N) is 3. The van der Waals surface area contributed by atoms with Gasteiger partial charge in [0, 0.05) is 31.4 Å². The maximum Gasteiger partial charge on any atom is 0.0669 e. The zero-order valence-electron chi connectivity index (χ0n) is 12.3. The van der Waals surface area contributed by atoms with Gasteiger partial charge in [-0.15, -0.1) is 0 Å². The van der Waals surface area contributed by atoms with Crippen LogP contribution >= 0.6 is 0 Å². The van der Waals surface area contributed by atoms with Gasteiger partial charge in [-0.25, -0.2) is 0 Å². The molecule has 0 amide bonds. The summed E-state index contributed by atoms with van der Waals surface area (Å²) >= 11 is 0. The van der Waals surface area contributed by atoms with E-state index in [0.29, 0.717) is 6.04 Å². The SMILES string of the molecule is Cc1ccc(N2CCC(N3CCC(C#N)C3)CC2)cc1. The van der Waals surface area contributed by atoms with Crippen molar-refractivity contribution in [3.63, 3.8) is 0 Å². The predicted octanol–water partition coefficient (Wildman–Crippen LogP) is 2.81. The number of anilines is 1. The third-order valence-electron chi connectivity index (χ3n) is 4.78. The number of hydrogen-bond acceptors (Lipinski definition) is 3.